The molecule has 0 bridgehead atoms. The van der Waals surface area contributed by atoms with Gasteiger partial charge in [0.15, 0.2) is 0 Å². The summed E-state index contributed by atoms with van der Waals surface area (Å²) in [5.41, 5.74) is 8.33. The highest BCUT2D eigenvalue weighted by molar-refractivity contribution is 5.61. The standard InChI is InChI=1S/C13H15N3O/c1-3-17-11-6-4-10(5-7-11)12-8-9(2)15-13(14)16-12/h4-8H,3H2,1-2H3,(H2,14,15,16). The molecule has 1 aromatic carbocycles. The second-order valence-electron chi connectivity index (χ2n) is 3.71. The summed E-state index contributed by atoms with van der Waals surface area (Å²) in [5.74, 6) is 1.16. The van der Waals surface area contributed by atoms with Crippen LogP contribution in [-0.2, 0) is 0 Å². The number of benzene rings is 1. The molecule has 1 aromatic heterocycles. The van der Waals surface area contributed by atoms with Crippen LogP contribution in [0.5, 0.6) is 5.75 Å². The van der Waals surface area contributed by atoms with Crippen LogP contribution in [0.4, 0.5) is 5.95 Å². The van der Waals surface area contributed by atoms with Gasteiger partial charge in [-0.2, -0.15) is 0 Å². The molecule has 17 heavy (non-hydrogen) atoms. The number of aromatic nitrogens is 2. The number of hydrogen-bond acceptors (Lipinski definition) is 4. The normalized spacial score (nSPS) is 10.2. The van der Waals surface area contributed by atoms with Crippen molar-refractivity contribution in [3.8, 4) is 17.0 Å². The van der Waals surface area contributed by atoms with Crippen LogP contribution >= 0.6 is 0 Å². The maximum absolute atomic E-state index is 5.63. The third kappa shape index (κ3) is 2.72. The predicted octanol–water partition coefficient (Wildman–Crippen LogP) is 2.43. The molecule has 2 N–H and O–H groups in total. The predicted molar refractivity (Wildman–Crippen MR) is 67.8 cm³/mol. The van der Waals surface area contributed by atoms with Crippen molar-refractivity contribution in [3.05, 3.63) is 36.0 Å². The van der Waals surface area contributed by atoms with Crippen molar-refractivity contribution < 1.29 is 4.74 Å². The van der Waals surface area contributed by atoms with Gasteiger partial charge in [-0.25, -0.2) is 9.97 Å². The molecule has 0 amide bonds. The van der Waals surface area contributed by atoms with Crippen molar-refractivity contribution in [1.29, 1.82) is 0 Å². The van der Waals surface area contributed by atoms with E-state index in [9.17, 15) is 0 Å². The minimum absolute atomic E-state index is 0.300. The van der Waals surface area contributed by atoms with E-state index in [1.807, 2.05) is 44.2 Å². The Kier molecular flexibility index (Phi) is 3.23. The third-order valence-electron chi connectivity index (χ3n) is 2.33. The van der Waals surface area contributed by atoms with E-state index in [4.69, 9.17) is 10.5 Å². The van der Waals surface area contributed by atoms with Gasteiger partial charge in [-0.1, -0.05) is 0 Å². The van der Waals surface area contributed by atoms with Gasteiger partial charge in [0, 0.05) is 11.3 Å². The van der Waals surface area contributed by atoms with Crippen molar-refractivity contribution in [2.45, 2.75) is 13.8 Å². The lowest BCUT2D eigenvalue weighted by Gasteiger charge is -2.05. The van der Waals surface area contributed by atoms with E-state index >= 15 is 0 Å². The van der Waals surface area contributed by atoms with Crippen LogP contribution in [0.3, 0.4) is 0 Å². The first-order chi connectivity index (χ1) is 8.19. The zero-order valence-electron chi connectivity index (χ0n) is 9.97. The van der Waals surface area contributed by atoms with E-state index < -0.39 is 0 Å². The zero-order chi connectivity index (χ0) is 12.3. The summed E-state index contributed by atoms with van der Waals surface area (Å²) < 4.78 is 5.39. The number of anilines is 1. The largest absolute Gasteiger partial charge is 0.494 e. The third-order valence-corrected chi connectivity index (χ3v) is 2.33. The number of ether oxygens (including phenoxy) is 1. The molecule has 0 spiro atoms. The average Bonchev–Trinajstić information content (AvgIpc) is 2.29. The van der Waals surface area contributed by atoms with Gasteiger partial charge >= 0.3 is 0 Å². The van der Waals surface area contributed by atoms with E-state index in [-0.39, 0.29) is 0 Å². The first kappa shape index (κ1) is 11.4. The molecular formula is C13H15N3O. The molecule has 2 aromatic rings. The topological polar surface area (TPSA) is 61.0 Å². The van der Waals surface area contributed by atoms with Crippen molar-refractivity contribution in [2.75, 3.05) is 12.3 Å². The lowest BCUT2D eigenvalue weighted by Crippen LogP contribution is -1.98. The molecule has 0 saturated carbocycles. The number of rotatable bonds is 3. The number of nitrogen functional groups attached to an aromatic ring is 1. The van der Waals surface area contributed by atoms with Gasteiger partial charge in [-0.3, -0.25) is 0 Å². The van der Waals surface area contributed by atoms with E-state index in [0.29, 0.717) is 12.6 Å². The lowest BCUT2D eigenvalue weighted by molar-refractivity contribution is 0.340. The molecule has 1 heterocycles. The summed E-state index contributed by atoms with van der Waals surface area (Å²) in [5, 5.41) is 0. The molecule has 0 aliphatic rings. The number of nitrogens with zero attached hydrogens (tertiary/aromatic N) is 2. The smallest absolute Gasteiger partial charge is 0.220 e. The molecule has 4 heteroatoms. The molecule has 0 atom stereocenters. The molecule has 0 fully saturated rings. The van der Waals surface area contributed by atoms with Gasteiger partial charge < -0.3 is 10.5 Å². The fourth-order valence-corrected chi connectivity index (χ4v) is 1.63. The molecule has 88 valence electrons. The lowest BCUT2D eigenvalue weighted by atomic mass is 10.1. The van der Waals surface area contributed by atoms with Gasteiger partial charge in [0.2, 0.25) is 5.95 Å². The Morgan fingerprint density at radius 3 is 2.47 bits per heavy atom. The van der Waals surface area contributed by atoms with Crippen molar-refractivity contribution >= 4 is 5.95 Å². The summed E-state index contributed by atoms with van der Waals surface area (Å²) in [6.45, 7) is 4.53. The minimum Gasteiger partial charge on any atom is -0.494 e. The Morgan fingerprint density at radius 1 is 1.18 bits per heavy atom. The fourth-order valence-electron chi connectivity index (χ4n) is 1.63. The van der Waals surface area contributed by atoms with Crippen molar-refractivity contribution in [2.24, 2.45) is 0 Å². The minimum atomic E-state index is 0.300. The SMILES string of the molecule is CCOc1ccc(-c2cc(C)nc(N)n2)cc1. The summed E-state index contributed by atoms with van der Waals surface area (Å²) in [7, 11) is 0. The molecule has 2 rings (SSSR count). The highest BCUT2D eigenvalue weighted by Crippen LogP contribution is 2.21. The molecule has 0 aliphatic heterocycles. The summed E-state index contributed by atoms with van der Waals surface area (Å²) in [6, 6.07) is 9.68. The Balaban J connectivity index is 2.32. The maximum atomic E-state index is 5.63. The van der Waals surface area contributed by atoms with Crippen LogP contribution in [0.1, 0.15) is 12.6 Å². The number of aryl methyl sites for hydroxylation is 1. The molecular weight excluding hydrogens is 214 g/mol. The molecule has 0 unspecified atom stereocenters. The summed E-state index contributed by atoms with van der Waals surface area (Å²) >= 11 is 0. The molecule has 0 radical (unpaired) electrons. The van der Waals surface area contributed by atoms with Crippen molar-refractivity contribution in [3.63, 3.8) is 0 Å². The van der Waals surface area contributed by atoms with Crippen LogP contribution in [0.15, 0.2) is 30.3 Å². The molecule has 0 aliphatic carbocycles. The van der Waals surface area contributed by atoms with E-state index in [2.05, 4.69) is 9.97 Å². The van der Waals surface area contributed by atoms with E-state index in [1.54, 1.807) is 0 Å². The Labute approximate surface area is 100 Å². The van der Waals surface area contributed by atoms with Gasteiger partial charge in [-0.15, -0.1) is 0 Å². The van der Waals surface area contributed by atoms with E-state index in [1.165, 1.54) is 0 Å². The van der Waals surface area contributed by atoms with Crippen LogP contribution in [0.25, 0.3) is 11.3 Å². The zero-order valence-corrected chi connectivity index (χ0v) is 9.97. The summed E-state index contributed by atoms with van der Waals surface area (Å²) in [6.07, 6.45) is 0. The fraction of sp³-hybridized carbons (Fsp3) is 0.231. The summed E-state index contributed by atoms with van der Waals surface area (Å²) in [4.78, 5) is 8.25. The average molecular weight is 229 g/mol. The second-order valence-corrected chi connectivity index (χ2v) is 3.71. The van der Waals surface area contributed by atoms with Crippen molar-refractivity contribution in [1.82, 2.24) is 9.97 Å². The Hall–Kier alpha value is -2.10. The quantitative estimate of drug-likeness (QED) is 0.878. The monoisotopic (exact) mass is 229 g/mol. The Morgan fingerprint density at radius 2 is 1.88 bits per heavy atom. The molecule has 0 saturated heterocycles. The van der Waals surface area contributed by atoms with Gasteiger partial charge in [0.25, 0.3) is 0 Å². The van der Waals surface area contributed by atoms with Crippen LogP contribution in [0.2, 0.25) is 0 Å². The second kappa shape index (κ2) is 4.82. The van der Waals surface area contributed by atoms with Crippen LogP contribution in [0, 0.1) is 6.92 Å². The first-order valence-electron chi connectivity index (χ1n) is 5.53. The molecule has 4 nitrogen and oxygen atoms in total. The van der Waals surface area contributed by atoms with Crippen LogP contribution < -0.4 is 10.5 Å². The number of hydrogen-bond donors (Lipinski definition) is 1. The first-order valence-corrected chi connectivity index (χ1v) is 5.53. The highest BCUT2D eigenvalue weighted by atomic mass is 16.5. The Bertz CT molecular complexity index is 488. The van der Waals surface area contributed by atoms with Gasteiger partial charge in [-0.05, 0) is 44.2 Å². The van der Waals surface area contributed by atoms with Gasteiger partial charge in [0.05, 0.1) is 12.3 Å². The maximum Gasteiger partial charge on any atom is 0.220 e. The highest BCUT2D eigenvalue weighted by Gasteiger charge is 2.03. The van der Waals surface area contributed by atoms with Crippen LogP contribution in [-0.4, -0.2) is 16.6 Å². The number of nitrogens with two attached hydrogens (primary N) is 1. The van der Waals surface area contributed by atoms with Gasteiger partial charge in [0.1, 0.15) is 5.75 Å². The van der Waals surface area contributed by atoms with E-state index in [0.717, 1.165) is 22.7 Å².